The number of carbonyl (C=O) groups excluding carboxylic acids is 1. The first-order valence-corrected chi connectivity index (χ1v) is 5.69. The van der Waals surface area contributed by atoms with Crippen molar-refractivity contribution in [1.82, 2.24) is 0 Å². The molecule has 0 aromatic heterocycles. The smallest absolute Gasteiger partial charge is 0.307 e. The molecule has 1 atom stereocenters. The summed E-state index contributed by atoms with van der Waals surface area (Å²) in [6.45, 7) is 3.97. The first-order valence-electron chi connectivity index (χ1n) is 5.69. The van der Waals surface area contributed by atoms with Gasteiger partial charge in [-0.05, 0) is 26.0 Å². The zero-order valence-electron chi connectivity index (χ0n) is 10.4. The Balaban J connectivity index is 2.51. The number of rotatable bonds is 6. The topological polar surface area (TPSA) is 81.5 Å². The molecule has 0 amide bonds. The van der Waals surface area contributed by atoms with Gasteiger partial charge in [-0.2, -0.15) is 0 Å². The fourth-order valence-corrected chi connectivity index (χ4v) is 1.48. The maximum Gasteiger partial charge on any atom is 0.307 e. The SMILES string of the molecule is CCOC(=O)CC(C)Nc1ccc([N+](=O)[O-])cc1. The van der Waals surface area contributed by atoms with E-state index < -0.39 is 4.92 Å². The number of hydrogen-bond acceptors (Lipinski definition) is 5. The largest absolute Gasteiger partial charge is 0.466 e. The van der Waals surface area contributed by atoms with Gasteiger partial charge in [0.15, 0.2) is 0 Å². The molecule has 0 aliphatic rings. The average molecular weight is 252 g/mol. The third-order valence-electron chi connectivity index (χ3n) is 2.27. The zero-order valence-corrected chi connectivity index (χ0v) is 10.4. The summed E-state index contributed by atoms with van der Waals surface area (Å²) in [5.74, 6) is -0.264. The van der Waals surface area contributed by atoms with E-state index in [2.05, 4.69) is 5.32 Å². The van der Waals surface area contributed by atoms with Crippen molar-refractivity contribution in [3.63, 3.8) is 0 Å². The summed E-state index contributed by atoms with van der Waals surface area (Å²) in [5.41, 5.74) is 0.774. The molecule has 0 fully saturated rings. The number of hydrogen-bond donors (Lipinski definition) is 1. The number of benzene rings is 1. The molecule has 0 saturated carbocycles. The van der Waals surface area contributed by atoms with E-state index in [1.54, 1.807) is 19.1 Å². The lowest BCUT2D eigenvalue weighted by molar-refractivity contribution is -0.384. The number of esters is 1. The molecule has 1 aromatic carbocycles. The van der Waals surface area contributed by atoms with E-state index in [0.29, 0.717) is 6.61 Å². The van der Waals surface area contributed by atoms with Crippen molar-refractivity contribution in [2.24, 2.45) is 0 Å². The molecule has 1 aromatic rings. The Morgan fingerprint density at radius 3 is 2.56 bits per heavy atom. The van der Waals surface area contributed by atoms with Gasteiger partial charge < -0.3 is 10.1 Å². The molecule has 0 aliphatic heterocycles. The van der Waals surface area contributed by atoms with Gasteiger partial charge in [-0.15, -0.1) is 0 Å². The molecule has 0 heterocycles. The molecule has 0 bridgehead atoms. The second-order valence-corrected chi connectivity index (χ2v) is 3.86. The second-order valence-electron chi connectivity index (χ2n) is 3.86. The highest BCUT2D eigenvalue weighted by Gasteiger charge is 2.10. The van der Waals surface area contributed by atoms with Crippen molar-refractivity contribution in [2.45, 2.75) is 26.3 Å². The molecule has 1 rings (SSSR count). The number of ether oxygens (including phenoxy) is 1. The predicted octanol–water partition coefficient (Wildman–Crippen LogP) is 2.35. The van der Waals surface area contributed by atoms with E-state index in [-0.39, 0.29) is 24.1 Å². The van der Waals surface area contributed by atoms with Gasteiger partial charge in [0.25, 0.3) is 5.69 Å². The quantitative estimate of drug-likeness (QED) is 0.477. The van der Waals surface area contributed by atoms with Crippen molar-refractivity contribution in [3.8, 4) is 0 Å². The lowest BCUT2D eigenvalue weighted by Gasteiger charge is -2.14. The average Bonchev–Trinajstić information content (AvgIpc) is 2.29. The normalized spacial score (nSPS) is 11.7. The van der Waals surface area contributed by atoms with Crippen LogP contribution < -0.4 is 5.32 Å². The van der Waals surface area contributed by atoms with Gasteiger partial charge in [0.05, 0.1) is 18.0 Å². The van der Waals surface area contributed by atoms with Crippen molar-refractivity contribution in [1.29, 1.82) is 0 Å². The second kappa shape index (κ2) is 6.58. The number of nitrogens with zero attached hydrogens (tertiary/aromatic N) is 1. The van der Waals surface area contributed by atoms with E-state index >= 15 is 0 Å². The first kappa shape index (κ1) is 14.0. The molecule has 0 radical (unpaired) electrons. The Kier molecular flexibility index (Phi) is 5.10. The third kappa shape index (κ3) is 4.40. The molecular formula is C12H16N2O4. The number of carbonyl (C=O) groups is 1. The molecule has 1 N–H and O–H groups in total. The minimum absolute atomic E-state index is 0.0404. The highest BCUT2D eigenvalue weighted by atomic mass is 16.6. The minimum Gasteiger partial charge on any atom is -0.466 e. The summed E-state index contributed by atoms with van der Waals surface area (Å²) in [5, 5.41) is 13.5. The molecule has 98 valence electrons. The molecule has 0 aliphatic carbocycles. The van der Waals surface area contributed by atoms with Gasteiger partial charge in [0.1, 0.15) is 0 Å². The fraction of sp³-hybridized carbons (Fsp3) is 0.417. The van der Waals surface area contributed by atoms with Crippen molar-refractivity contribution < 1.29 is 14.5 Å². The van der Waals surface area contributed by atoms with E-state index in [4.69, 9.17) is 4.74 Å². The summed E-state index contributed by atoms with van der Waals surface area (Å²) in [6.07, 6.45) is 0.255. The molecule has 6 nitrogen and oxygen atoms in total. The van der Waals surface area contributed by atoms with Gasteiger partial charge >= 0.3 is 5.97 Å². The monoisotopic (exact) mass is 252 g/mol. The van der Waals surface area contributed by atoms with Crippen LogP contribution in [0.5, 0.6) is 0 Å². The van der Waals surface area contributed by atoms with Crippen LogP contribution in [0, 0.1) is 10.1 Å². The Labute approximate surface area is 105 Å². The molecular weight excluding hydrogens is 236 g/mol. The van der Waals surface area contributed by atoms with Gasteiger partial charge in [-0.3, -0.25) is 14.9 Å². The minimum atomic E-state index is -0.453. The Morgan fingerprint density at radius 2 is 2.06 bits per heavy atom. The Morgan fingerprint density at radius 1 is 1.44 bits per heavy atom. The third-order valence-corrected chi connectivity index (χ3v) is 2.27. The molecule has 0 saturated heterocycles. The van der Waals surface area contributed by atoms with Crippen LogP contribution in [-0.2, 0) is 9.53 Å². The van der Waals surface area contributed by atoms with Crippen molar-refractivity contribution in [2.75, 3.05) is 11.9 Å². The molecule has 6 heteroatoms. The Hall–Kier alpha value is -2.11. The van der Waals surface area contributed by atoms with Gasteiger partial charge in [-0.1, -0.05) is 0 Å². The summed E-state index contributed by atoms with van der Waals surface area (Å²) in [4.78, 5) is 21.3. The van der Waals surface area contributed by atoms with Crippen LogP contribution in [-0.4, -0.2) is 23.5 Å². The first-order chi connectivity index (χ1) is 8.52. The van der Waals surface area contributed by atoms with Crippen LogP contribution >= 0.6 is 0 Å². The van der Waals surface area contributed by atoms with E-state index in [1.807, 2.05) is 6.92 Å². The summed E-state index contributed by atoms with van der Waals surface area (Å²) in [6, 6.07) is 5.96. The van der Waals surface area contributed by atoms with Crippen LogP contribution in [0.3, 0.4) is 0 Å². The van der Waals surface area contributed by atoms with E-state index in [1.165, 1.54) is 12.1 Å². The van der Waals surface area contributed by atoms with Crippen LogP contribution in [0.1, 0.15) is 20.3 Å². The number of non-ortho nitro benzene ring substituents is 1. The van der Waals surface area contributed by atoms with Crippen molar-refractivity contribution >= 4 is 17.3 Å². The summed E-state index contributed by atoms with van der Waals surface area (Å²) >= 11 is 0. The number of anilines is 1. The van der Waals surface area contributed by atoms with Gasteiger partial charge in [-0.25, -0.2) is 0 Å². The maximum absolute atomic E-state index is 11.2. The lowest BCUT2D eigenvalue weighted by atomic mass is 10.2. The molecule has 18 heavy (non-hydrogen) atoms. The molecule has 0 spiro atoms. The standard InChI is InChI=1S/C12H16N2O4/c1-3-18-12(15)8-9(2)13-10-4-6-11(7-5-10)14(16)17/h4-7,9,13H,3,8H2,1-2H3. The Bertz CT molecular complexity index is 417. The van der Waals surface area contributed by atoms with Crippen LogP contribution in [0.2, 0.25) is 0 Å². The highest BCUT2D eigenvalue weighted by Crippen LogP contribution is 2.16. The number of nitro groups is 1. The van der Waals surface area contributed by atoms with Crippen LogP contribution in [0.4, 0.5) is 11.4 Å². The lowest BCUT2D eigenvalue weighted by Crippen LogP contribution is -2.20. The summed E-state index contributed by atoms with van der Waals surface area (Å²) < 4.78 is 4.83. The van der Waals surface area contributed by atoms with Gasteiger partial charge in [0.2, 0.25) is 0 Å². The highest BCUT2D eigenvalue weighted by molar-refractivity contribution is 5.70. The van der Waals surface area contributed by atoms with Crippen LogP contribution in [0.15, 0.2) is 24.3 Å². The van der Waals surface area contributed by atoms with E-state index in [0.717, 1.165) is 5.69 Å². The van der Waals surface area contributed by atoms with E-state index in [9.17, 15) is 14.9 Å². The van der Waals surface area contributed by atoms with Gasteiger partial charge in [0, 0.05) is 23.9 Å². The van der Waals surface area contributed by atoms with Crippen LogP contribution in [0.25, 0.3) is 0 Å². The summed E-state index contributed by atoms with van der Waals surface area (Å²) in [7, 11) is 0. The van der Waals surface area contributed by atoms with Crippen molar-refractivity contribution in [3.05, 3.63) is 34.4 Å². The number of nitro benzene ring substituents is 1. The maximum atomic E-state index is 11.2. The molecule has 1 unspecified atom stereocenters. The number of nitrogens with one attached hydrogen (secondary N) is 1. The predicted molar refractivity (Wildman–Crippen MR) is 67.4 cm³/mol. The fourth-order valence-electron chi connectivity index (χ4n) is 1.48. The zero-order chi connectivity index (χ0) is 13.5.